The Morgan fingerprint density at radius 3 is 2.17 bits per heavy atom. The van der Waals surface area contributed by atoms with Crippen LogP contribution in [0.25, 0.3) is 22.2 Å². The van der Waals surface area contributed by atoms with Crippen LogP contribution < -0.4 is 10.1 Å². The van der Waals surface area contributed by atoms with Crippen LogP contribution in [0, 0.1) is 5.92 Å². The molecule has 0 bridgehead atoms. The zero-order chi connectivity index (χ0) is 31.6. The van der Waals surface area contributed by atoms with Gasteiger partial charge in [0.15, 0.2) is 0 Å². The second-order valence-corrected chi connectivity index (χ2v) is 11.8. The molecule has 0 aliphatic carbocycles. The summed E-state index contributed by atoms with van der Waals surface area (Å²) in [7, 11) is 0. The number of anilines is 1. The maximum absolute atomic E-state index is 14.4. The minimum absolute atomic E-state index is 0.119. The number of aromatic amines is 1. The third kappa shape index (κ3) is 5.32. The molecule has 6 aromatic rings. The predicted octanol–water partition coefficient (Wildman–Crippen LogP) is 9.23. The highest BCUT2D eigenvalue weighted by Gasteiger charge is 2.47. The second kappa shape index (κ2) is 12.4. The van der Waals surface area contributed by atoms with Crippen molar-refractivity contribution < 1.29 is 14.3 Å². The summed E-state index contributed by atoms with van der Waals surface area (Å²) in [6, 6.07) is 41.8. The first-order valence-corrected chi connectivity index (χ1v) is 15.7. The molecule has 1 aliphatic rings. The molecular weight excluding hydrogens is 570 g/mol. The number of hydrogen-bond acceptors (Lipinski definition) is 3. The van der Waals surface area contributed by atoms with Crippen molar-refractivity contribution in [2.45, 2.75) is 32.4 Å². The van der Waals surface area contributed by atoms with Crippen LogP contribution in [0.1, 0.15) is 47.8 Å². The summed E-state index contributed by atoms with van der Waals surface area (Å²) in [6.07, 6.45) is 0.716. The molecule has 0 saturated heterocycles. The first kappa shape index (κ1) is 29.1. The lowest BCUT2D eigenvalue weighted by atomic mass is 9.90. The molecule has 46 heavy (non-hydrogen) atoms. The summed E-state index contributed by atoms with van der Waals surface area (Å²) < 4.78 is 5.94. The maximum atomic E-state index is 14.4. The standard InChI is InChI=1S/C40H35N3O3/c1-3-26(2)37(39(44)41-28-22-24-30(25-23-28)46-29-16-8-5-9-17-29)43-38(31-18-10-11-19-32(31)40(43)45)35-33-20-12-13-21-34(33)42-36(35)27-14-6-4-7-15-27/h4-26,37-38,42H,3H2,1-2H3,(H,41,44). The molecule has 2 amide bonds. The molecule has 1 aromatic heterocycles. The van der Waals surface area contributed by atoms with Crippen LogP contribution in [0.2, 0.25) is 0 Å². The van der Waals surface area contributed by atoms with E-state index in [1.165, 1.54) is 0 Å². The number of fused-ring (bicyclic) bond motifs is 2. The highest BCUT2D eigenvalue weighted by molar-refractivity contribution is 6.06. The van der Waals surface area contributed by atoms with Crippen molar-refractivity contribution in [1.82, 2.24) is 9.88 Å². The molecule has 3 unspecified atom stereocenters. The van der Waals surface area contributed by atoms with E-state index in [2.05, 4.69) is 41.5 Å². The number of benzene rings is 5. The van der Waals surface area contributed by atoms with Gasteiger partial charge in [0.1, 0.15) is 17.5 Å². The average molecular weight is 606 g/mol. The Morgan fingerprint density at radius 2 is 1.43 bits per heavy atom. The monoisotopic (exact) mass is 605 g/mol. The molecule has 2 heterocycles. The fourth-order valence-corrected chi connectivity index (χ4v) is 6.53. The van der Waals surface area contributed by atoms with Crippen molar-refractivity contribution in [3.8, 4) is 22.8 Å². The number of rotatable bonds is 9. The van der Waals surface area contributed by atoms with Crippen LogP contribution in [-0.2, 0) is 4.79 Å². The molecule has 2 N–H and O–H groups in total. The highest BCUT2D eigenvalue weighted by atomic mass is 16.5. The summed E-state index contributed by atoms with van der Waals surface area (Å²) in [4.78, 5) is 34.3. The molecule has 0 radical (unpaired) electrons. The van der Waals surface area contributed by atoms with Gasteiger partial charge >= 0.3 is 0 Å². The Kier molecular flexibility index (Phi) is 7.85. The first-order valence-electron chi connectivity index (χ1n) is 15.7. The molecule has 0 spiro atoms. The van der Waals surface area contributed by atoms with Crippen LogP contribution >= 0.6 is 0 Å². The summed E-state index contributed by atoms with van der Waals surface area (Å²) in [5, 5.41) is 4.15. The van der Waals surface area contributed by atoms with Gasteiger partial charge in [-0.2, -0.15) is 0 Å². The molecule has 0 fully saturated rings. The molecule has 5 aromatic carbocycles. The van der Waals surface area contributed by atoms with E-state index in [0.29, 0.717) is 23.4 Å². The SMILES string of the molecule is CCC(C)C(C(=O)Nc1ccc(Oc2ccccc2)cc1)N1C(=O)c2ccccc2C1c1c(-c2ccccc2)[nH]c2ccccc12. The van der Waals surface area contributed by atoms with Gasteiger partial charge in [0.05, 0.1) is 11.7 Å². The fourth-order valence-electron chi connectivity index (χ4n) is 6.53. The summed E-state index contributed by atoms with van der Waals surface area (Å²) in [6.45, 7) is 4.10. The third-order valence-electron chi connectivity index (χ3n) is 8.93. The Balaban J connectivity index is 1.30. The van der Waals surface area contributed by atoms with E-state index in [4.69, 9.17) is 4.74 Å². The normalized spacial score (nSPS) is 15.4. The molecule has 6 heteroatoms. The van der Waals surface area contributed by atoms with E-state index in [1.807, 2.05) is 121 Å². The van der Waals surface area contributed by atoms with Crippen molar-refractivity contribution in [3.63, 3.8) is 0 Å². The van der Waals surface area contributed by atoms with E-state index >= 15 is 0 Å². The van der Waals surface area contributed by atoms with E-state index in [9.17, 15) is 9.59 Å². The zero-order valence-electron chi connectivity index (χ0n) is 25.8. The lowest BCUT2D eigenvalue weighted by Gasteiger charge is -2.36. The first-order chi connectivity index (χ1) is 22.5. The topological polar surface area (TPSA) is 74.4 Å². The molecule has 228 valence electrons. The summed E-state index contributed by atoms with van der Waals surface area (Å²) in [5.74, 6) is 0.921. The van der Waals surface area contributed by atoms with Gasteiger partial charge in [0, 0.05) is 27.7 Å². The van der Waals surface area contributed by atoms with Crippen molar-refractivity contribution >= 4 is 28.4 Å². The molecule has 7 rings (SSSR count). The van der Waals surface area contributed by atoms with E-state index < -0.39 is 12.1 Å². The third-order valence-corrected chi connectivity index (χ3v) is 8.93. The predicted molar refractivity (Wildman–Crippen MR) is 183 cm³/mol. The number of carbonyl (C=O) groups excluding carboxylic acids is 2. The fraction of sp³-hybridized carbons (Fsp3) is 0.150. The molecular formula is C40H35N3O3. The molecule has 3 atom stereocenters. The Hall–Kier alpha value is -5.62. The van der Waals surface area contributed by atoms with Gasteiger partial charge in [-0.1, -0.05) is 105 Å². The van der Waals surface area contributed by atoms with Gasteiger partial charge in [0.2, 0.25) is 5.91 Å². The minimum atomic E-state index is -0.729. The smallest absolute Gasteiger partial charge is 0.255 e. The van der Waals surface area contributed by atoms with Crippen LogP contribution in [0.15, 0.2) is 133 Å². The maximum Gasteiger partial charge on any atom is 0.255 e. The minimum Gasteiger partial charge on any atom is -0.457 e. The average Bonchev–Trinajstić information content (AvgIpc) is 3.61. The Labute approximate surface area is 268 Å². The largest absolute Gasteiger partial charge is 0.457 e. The van der Waals surface area contributed by atoms with Gasteiger partial charge in [-0.3, -0.25) is 9.59 Å². The van der Waals surface area contributed by atoms with Gasteiger partial charge < -0.3 is 19.9 Å². The molecule has 6 nitrogen and oxygen atoms in total. The van der Waals surface area contributed by atoms with Crippen molar-refractivity contribution in [3.05, 3.63) is 150 Å². The summed E-state index contributed by atoms with van der Waals surface area (Å²) in [5.41, 5.74) is 6.10. The van der Waals surface area contributed by atoms with E-state index in [1.54, 1.807) is 0 Å². The van der Waals surface area contributed by atoms with Crippen LogP contribution in [0.3, 0.4) is 0 Å². The molecule has 1 aliphatic heterocycles. The number of hydrogen-bond donors (Lipinski definition) is 2. The van der Waals surface area contributed by atoms with Gasteiger partial charge in [0.25, 0.3) is 5.91 Å². The lowest BCUT2D eigenvalue weighted by Crippen LogP contribution is -2.50. The van der Waals surface area contributed by atoms with Crippen LogP contribution in [0.4, 0.5) is 5.69 Å². The van der Waals surface area contributed by atoms with Crippen molar-refractivity contribution in [2.24, 2.45) is 5.92 Å². The number of aromatic nitrogens is 1. The second-order valence-electron chi connectivity index (χ2n) is 11.8. The van der Waals surface area contributed by atoms with E-state index in [-0.39, 0.29) is 17.7 Å². The number of para-hydroxylation sites is 2. The van der Waals surface area contributed by atoms with Crippen LogP contribution in [-0.4, -0.2) is 27.7 Å². The van der Waals surface area contributed by atoms with Gasteiger partial charge in [-0.25, -0.2) is 0 Å². The number of carbonyl (C=O) groups is 2. The van der Waals surface area contributed by atoms with Gasteiger partial charge in [-0.05, 0) is 65.6 Å². The number of amides is 2. The highest BCUT2D eigenvalue weighted by Crippen LogP contribution is 2.47. The number of ether oxygens (including phenoxy) is 1. The number of H-pyrrole nitrogens is 1. The zero-order valence-corrected chi connectivity index (χ0v) is 25.8. The quantitative estimate of drug-likeness (QED) is 0.173. The van der Waals surface area contributed by atoms with Crippen molar-refractivity contribution in [2.75, 3.05) is 5.32 Å². The van der Waals surface area contributed by atoms with Crippen LogP contribution in [0.5, 0.6) is 11.5 Å². The lowest BCUT2D eigenvalue weighted by molar-refractivity contribution is -0.122. The number of nitrogens with one attached hydrogen (secondary N) is 2. The number of nitrogens with zero attached hydrogens (tertiary/aromatic N) is 1. The Bertz CT molecular complexity index is 2000. The molecule has 0 saturated carbocycles. The summed E-state index contributed by atoms with van der Waals surface area (Å²) >= 11 is 0. The van der Waals surface area contributed by atoms with E-state index in [0.717, 1.165) is 39.0 Å². The van der Waals surface area contributed by atoms with Gasteiger partial charge in [-0.15, -0.1) is 0 Å². The Morgan fingerprint density at radius 1 is 0.804 bits per heavy atom. The van der Waals surface area contributed by atoms with Crippen molar-refractivity contribution in [1.29, 1.82) is 0 Å².